The van der Waals surface area contributed by atoms with Crippen molar-refractivity contribution in [1.82, 2.24) is 9.88 Å². The molecule has 1 unspecified atom stereocenters. The Bertz CT molecular complexity index is 3350. The SMILES string of the molecule is C=C1/C(=C\c2c(C)n(-c3ccc(-c4cccc(/C(=C/C(C)C)NC(/C=C(\C)c5ccccc5)c5ccccc5)c4)cc3)c3ccccc23)C(C)(C)c2c1c1ccccc1c1ccccc21. The molecular formula is C63H56N2. The zero-order chi connectivity index (χ0) is 44.8. The van der Waals surface area contributed by atoms with Crippen molar-refractivity contribution < 1.29 is 0 Å². The lowest BCUT2D eigenvalue weighted by Gasteiger charge is -2.24. The molecule has 65 heavy (non-hydrogen) atoms. The van der Waals surface area contributed by atoms with Crippen LogP contribution in [0.3, 0.4) is 0 Å². The predicted octanol–water partition coefficient (Wildman–Crippen LogP) is 16.7. The Balaban J connectivity index is 1.00. The number of hydrogen-bond acceptors (Lipinski definition) is 1. The van der Waals surface area contributed by atoms with E-state index >= 15 is 0 Å². The monoisotopic (exact) mass is 840 g/mol. The van der Waals surface area contributed by atoms with Crippen LogP contribution in [-0.4, -0.2) is 4.57 Å². The minimum absolute atomic E-state index is 0.0163. The summed E-state index contributed by atoms with van der Waals surface area (Å²) in [7, 11) is 0. The molecule has 0 radical (unpaired) electrons. The minimum Gasteiger partial charge on any atom is -0.374 e. The fraction of sp³-hybridized carbons (Fsp3) is 0.143. The van der Waals surface area contributed by atoms with E-state index in [1.165, 1.54) is 88.2 Å². The van der Waals surface area contributed by atoms with Crippen LogP contribution < -0.4 is 5.32 Å². The standard InChI is InChI=1S/C63H56N2/c1-41(2)37-58(64-59(47-23-12-9-13-24-47)38-42(3)45-21-10-8-11-22-45)49-26-20-25-48(39-49)46-33-35-50(36-34-46)65-44(5)56(53-29-18-19-32-60(53)65)40-57-43(4)61-54-30-16-14-27-51(54)52-28-15-17-31-55(52)62(61)63(57,6)7/h8-41,59,64H,4H2,1-3,5-7H3/b42-38+,57-40+,58-37-. The molecule has 0 bridgehead atoms. The van der Waals surface area contributed by atoms with Crippen molar-refractivity contribution in [2.45, 2.75) is 53.0 Å². The summed E-state index contributed by atoms with van der Waals surface area (Å²) in [6, 6.07) is 66.0. The van der Waals surface area contributed by atoms with Gasteiger partial charge in [0.1, 0.15) is 0 Å². The molecule has 8 aromatic carbocycles. The molecule has 1 aliphatic carbocycles. The van der Waals surface area contributed by atoms with Gasteiger partial charge in [-0.1, -0.05) is 204 Å². The van der Waals surface area contributed by atoms with Crippen molar-refractivity contribution >= 4 is 55.4 Å². The average molecular weight is 841 g/mol. The van der Waals surface area contributed by atoms with Gasteiger partial charge in [-0.25, -0.2) is 0 Å². The quantitative estimate of drug-likeness (QED) is 0.136. The van der Waals surface area contributed by atoms with E-state index in [9.17, 15) is 0 Å². The molecule has 1 aromatic heterocycles. The average Bonchev–Trinajstić information content (AvgIpc) is 3.73. The molecule has 1 aliphatic rings. The highest BCUT2D eigenvalue weighted by Crippen LogP contribution is 2.55. The number of hydrogen-bond donors (Lipinski definition) is 1. The molecule has 10 rings (SSSR count). The van der Waals surface area contributed by atoms with Crippen LogP contribution in [0.5, 0.6) is 0 Å². The number of fused-ring (bicyclic) bond motifs is 7. The second-order valence-corrected chi connectivity index (χ2v) is 18.6. The molecule has 2 nitrogen and oxygen atoms in total. The maximum absolute atomic E-state index is 4.84. The van der Waals surface area contributed by atoms with E-state index in [4.69, 9.17) is 6.58 Å². The minimum atomic E-state index is -0.248. The van der Waals surface area contributed by atoms with Gasteiger partial charge in [-0.3, -0.25) is 0 Å². The van der Waals surface area contributed by atoms with Crippen molar-refractivity contribution in [2.24, 2.45) is 5.92 Å². The van der Waals surface area contributed by atoms with Gasteiger partial charge >= 0.3 is 0 Å². The Morgan fingerprint density at radius 3 is 1.88 bits per heavy atom. The highest BCUT2D eigenvalue weighted by Gasteiger charge is 2.40. The maximum atomic E-state index is 4.84. The van der Waals surface area contributed by atoms with E-state index in [1.807, 2.05) is 0 Å². The third-order valence-corrected chi connectivity index (χ3v) is 13.6. The van der Waals surface area contributed by atoms with E-state index in [0.29, 0.717) is 5.92 Å². The lowest BCUT2D eigenvalue weighted by molar-refractivity contribution is 0.671. The lowest BCUT2D eigenvalue weighted by Crippen LogP contribution is -2.19. The van der Waals surface area contributed by atoms with Gasteiger partial charge in [0.05, 0.1) is 11.6 Å². The lowest BCUT2D eigenvalue weighted by atomic mass is 9.79. The first kappa shape index (κ1) is 41.6. The van der Waals surface area contributed by atoms with Crippen LogP contribution in [0.4, 0.5) is 0 Å². The van der Waals surface area contributed by atoms with Crippen molar-refractivity contribution in [1.29, 1.82) is 0 Å². The third kappa shape index (κ3) is 7.53. The van der Waals surface area contributed by atoms with Crippen LogP contribution in [0.25, 0.3) is 72.2 Å². The molecule has 0 amide bonds. The summed E-state index contributed by atoms with van der Waals surface area (Å²) in [5.41, 5.74) is 17.9. The fourth-order valence-electron chi connectivity index (χ4n) is 10.4. The zero-order valence-corrected chi connectivity index (χ0v) is 38.4. The van der Waals surface area contributed by atoms with Crippen LogP contribution in [0.2, 0.25) is 0 Å². The highest BCUT2D eigenvalue weighted by molar-refractivity contribution is 6.18. The van der Waals surface area contributed by atoms with Gasteiger partial charge in [0, 0.05) is 33.4 Å². The van der Waals surface area contributed by atoms with Crippen molar-refractivity contribution in [3.05, 3.63) is 245 Å². The Kier molecular flexibility index (Phi) is 10.8. The number of nitrogens with one attached hydrogen (secondary N) is 1. The third-order valence-electron chi connectivity index (χ3n) is 13.6. The molecule has 0 saturated heterocycles. The normalized spacial score (nSPS) is 15.1. The van der Waals surface area contributed by atoms with E-state index in [0.717, 1.165) is 22.5 Å². The molecule has 0 fully saturated rings. The van der Waals surface area contributed by atoms with E-state index < -0.39 is 0 Å². The zero-order valence-electron chi connectivity index (χ0n) is 38.4. The van der Waals surface area contributed by atoms with Crippen molar-refractivity contribution in [3.63, 3.8) is 0 Å². The number of rotatable bonds is 10. The van der Waals surface area contributed by atoms with Gasteiger partial charge in [-0.05, 0) is 127 Å². The number of nitrogens with zero attached hydrogens (tertiary/aromatic N) is 1. The summed E-state index contributed by atoms with van der Waals surface area (Å²) < 4.78 is 2.42. The maximum Gasteiger partial charge on any atom is 0.0703 e. The van der Waals surface area contributed by atoms with Gasteiger partial charge in [0.25, 0.3) is 0 Å². The van der Waals surface area contributed by atoms with Gasteiger partial charge in [-0.2, -0.15) is 0 Å². The van der Waals surface area contributed by atoms with Crippen molar-refractivity contribution in [3.8, 4) is 16.8 Å². The molecule has 2 heteroatoms. The largest absolute Gasteiger partial charge is 0.374 e. The first-order chi connectivity index (χ1) is 31.6. The summed E-state index contributed by atoms with van der Waals surface area (Å²) in [6.07, 6.45) is 7.14. The molecule has 1 atom stereocenters. The van der Waals surface area contributed by atoms with Crippen LogP contribution in [0, 0.1) is 12.8 Å². The Morgan fingerprint density at radius 2 is 1.18 bits per heavy atom. The number of para-hydroxylation sites is 1. The summed E-state index contributed by atoms with van der Waals surface area (Å²) in [4.78, 5) is 0. The fourth-order valence-corrected chi connectivity index (χ4v) is 10.4. The van der Waals surface area contributed by atoms with Gasteiger partial charge < -0.3 is 9.88 Å². The summed E-state index contributed by atoms with van der Waals surface area (Å²) in [5.74, 6) is 0.351. The first-order valence-electron chi connectivity index (χ1n) is 23.0. The molecule has 1 heterocycles. The van der Waals surface area contributed by atoms with E-state index in [1.54, 1.807) is 0 Å². The van der Waals surface area contributed by atoms with E-state index in [2.05, 4.69) is 252 Å². The molecule has 318 valence electrons. The topological polar surface area (TPSA) is 17.0 Å². The summed E-state index contributed by atoms with van der Waals surface area (Å²) in [5, 5.41) is 10.4. The van der Waals surface area contributed by atoms with E-state index in [-0.39, 0.29) is 11.5 Å². The molecule has 9 aromatic rings. The number of allylic oxidation sites excluding steroid dienone is 4. The van der Waals surface area contributed by atoms with Gasteiger partial charge in [0.2, 0.25) is 0 Å². The van der Waals surface area contributed by atoms with Crippen LogP contribution >= 0.6 is 0 Å². The second-order valence-electron chi connectivity index (χ2n) is 18.6. The second kappa shape index (κ2) is 16.9. The molecular weight excluding hydrogens is 785 g/mol. The molecule has 1 N–H and O–H groups in total. The van der Waals surface area contributed by atoms with Crippen LogP contribution in [0.1, 0.15) is 79.7 Å². The molecule has 0 spiro atoms. The summed E-state index contributed by atoms with van der Waals surface area (Å²) in [6.45, 7) is 18.5. The Morgan fingerprint density at radius 1 is 0.600 bits per heavy atom. The van der Waals surface area contributed by atoms with Crippen molar-refractivity contribution in [2.75, 3.05) is 0 Å². The molecule has 0 aliphatic heterocycles. The van der Waals surface area contributed by atoms with Crippen LogP contribution in [-0.2, 0) is 5.41 Å². The first-order valence-corrected chi connectivity index (χ1v) is 23.0. The molecule has 0 saturated carbocycles. The Hall–Kier alpha value is -7.42. The van der Waals surface area contributed by atoms with Gasteiger partial charge in [-0.15, -0.1) is 0 Å². The smallest absolute Gasteiger partial charge is 0.0703 e. The highest BCUT2D eigenvalue weighted by atomic mass is 15.0. The number of benzene rings is 8. The Labute approximate surface area is 384 Å². The van der Waals surface area contributed by atoms with Crippen LogP contribution in [0.15, 0.2) is 206 Å². The predicted molar refractivity (Wildman–Crippen MR) is 280 cm³/mol. The number of aromatic nitrogens is 1. The van der Waals surface area contributed by atoms with Gasteiger partial charge in [0.15, 0.2) is 0 Å². The summed E-state index contributed by atoms with van der Waals surface area (Å²) >= 11 is 0.